The fourth-order valence-corrected chi connectivity index (χ4v) is 7.13. The minimum atomic E-state index is -0.111. The van der Waals surface area contributed by atoms with Crippen molar-refractivity contribution in [3.05, 3.63) is 27.8 Å². The first kappa shape index (κ1) is 18.3. The van der Waals surface area contributed by atoms with Crippen LogP contribution in [0.3, 0.4) is 0 Å². The molecule has 1 aromatic rings. The van der Waals surface area contributed by atoms with Crippen LogP contribution in [-0.4, -0.2) is 16.3 Å². The van der Waals surface area contributed by atoms with E-state index in [1.165, 1.54) is 30.4 Å². The van der Waals surface area contributed by atoms with E-state index >= 15 is 0 Å². The third-order valence-corrected chi connectivity index (χ3v) is 8.37. The molecule has 0 saturated heterocycles. The average molecular weight is 357 g/mol. The van der Waals surface area contributed by atoms with Crippen molar-refractivity contribution >= 4 is 0 Å². The number of phenolic OH excluding ortho intramolecular Hbond substituents is 1. The highest BCUT2D eigenvalue weighted by Crippen LogP contribution is 2.62. The molecule has 0 radical (unpaired) electrons. The summed E-state index contributed by atoms with van der Waals surface area (Å²) in [6.45, 7) is 13.4. The van der Waals surface area contributed by atoms with Gasteiger partial charge in [0.25, 0.3) is 0 Å². The molecule has 144 valence electrons. The Bertz CT molecular complexity index is 742. The maximum absolute atomic E-state index is 10.8. The normalized spacial score (nSPS) is 36.4. The summed E-state index contributed by atoms with van der Waals surface area (Å²) in [6.07, 6.45) is 6.70. The average Bonchev–Trinajstić information content (AvgIpc) is 2.87. The molecular formula is C24H36O2. The molecule has 2 saturated carbocycles. The van der Waals surface area contributed by atoms with Gasteiger partial charge in [-0.15, -0.1) is 0 Å². The Kier molecular flexibility index (Phi) is 4.05. The van der Waals surface area contributed by atoms with Gasteiger partial charge in [-0.3, -0.25) is 0 Å². The first-order valence-electron chi connectivity index (χ1n) is 10.6. The number of benzene rings is 1. The highest BCUT2D eigenvalue weighted by Gasteiger charge is 2.55. The highest BCUT2D eigenvalue weighted by molar-refractivity contribution is 5.58. The molecular weight excluding hydrogens is 320 g/mol. The smallest absolute Gasteiger partial charge is 0.121 e. The topological polar surface area (TPSA) is 40.5 Å². The minimum Gasteiger partial charge on any atom is -0.507 e. The van der Waals surface area contributed by atoms with Crippen LogP contribution in [0.5, 0.6) is 5.75 Å². The van der Waals surface area contributed by atoms with Gasteiger partial charge in [-0.2, -0.15) is 0 Å². The van der Waals surface area contributed by atoms with Crippen LogP contribution in [0.15, 0.2) is 0 Å². The van der Waals surface area contributed by atoms with Gasteiger partial charge in [-0.25, -0.2) is 0 Å². The van der Waals surface area contributed by atoms with E-state index in [2.05, 4.69) is 41.5 Å². The van der Waals surface area contributed by atoms with Crippen molar-refractivity contribution < 1.29 is 10.2 Å². The number of phenols is 1. The molecule has 3 aliphatic carbocycles. The van der Waals surface area contributed by atoms with Crippen molar-refractivity contribution in [3.8, 4) is 5.75 Å². The molecule has 0 heterocycles. The standard InChI is InChI=1S/C24H36O2/c1-13-15-7-8-16-17(11-12-24(6)18(16)9-10-19(24)25)20(15)21(23(3,4)5)14(2)22(13)26/h16-19,25-26H,7-12H2,1-6H3/t16-,17+,18+,19+,24+/m1/s1. The van der Waals surface area contributed by atoms with Crippen LogP contribution in [-0.2, 0) is 11.8 Å². The van der Waals surface area contributed by atoms with Crippen LogP contribution in [0.2, 0.25) is 0 Å². The van der Waals surface area contributed by atoms with Crippen molar-refractivity contribution in [1.82, 2.24) is 0 Å². The lowest BCUT2D eigenvalue weighted by atomic mass is 9.54. The first-order valence-corrected chi connectivity index (χ1v) is 10.6. The van der Waals surface area contributed by atoms with Crippen molar-refractivity contribution in [1.29, 1.82) is 0 Å². The Morgan fingerprint density at radius 1 is 1.00 bits per heavy atom. The summed E-state index contributed by atoms with van der Waals surface area (Å²) in [6, 6.07) is 0. The van der Waals surface area contributed by atoms with E-state index in [0.29, 0.717) is 23.5 Å². The quantitative estimate of drug-likeness (QED) is 0.642. The number of hydrogen-bond acceptors (Lipinski definition) is 2. The lowest BCUT2D eigenvalue weighted by Crippen LogP contribution is -2.44. The van der Waals surface area contributed by atoms with Crippen molar-refractivity contribution in [2.75, 3.05) is 0 Å². The van der Waals surface area contributed by atoms with Gasteiger partial charge >= 0.3 is 0 Å². The highest BCUT2D eigenvalue weighted by atomic mass is 16.3. The second-order valence-corrected chi connectivity index (χ2v) is 10.7. The number of aliphatic hydroxyl groups excluding tert-OH is 1. The molecule has 1 aromatic carbocycles. The zero-order chi connectivity index (χ0) is 19.0. The molecule has 2 nitrogen and oxygen atoms in total. The van der Waals surface area contributed by atoms with E-state index in [9.17, 15) is 10.2 Å². The maximum atomic E-state index is 10.8. The molecule has 4 rings (SSSR count). The second-order valence-electron chi connectivity index (χ2n) is 10.7. The van der Waals surface area contributed by atoms with E-state index in [1.54, 1.807) is 5.56 Å². The zero-order valence-electron chi connectivity index (χ0n) is 17.4. The Labute approximate surface area is 159 Å². The van der Waals surface area contributed by atoms with E-state index < -0.39 is 0 Å². The van der Waals surface area contributed by atoms with E-state index in [1.807, 2.05) is 0 Å². The maximum Gasteiger partial charge on any atom is 0.121 e. The van der Waals surface area contributed by atoms with Gasteiger partial charge in [0.2, 0.25) is 0 Å². The lowest BCUT2D eigenvalue weighted by Gasteiger charge is -2.51. The van der Waals surface area contributed by atoms with Crippen molar-refractivity contribution in [3.63, 3.8) is 0 Å². The van der Waals surface area contributed by atoms with Gasteiger partial charge in [0.15, 0.2) is 0 Å². The van der Waals surface area contributed by atoms with Crippen LogP contribution < -0.4 is 0 Å². The number of aromatic hydroxyl groups is 1. The number of aliphatic hydroxyl groups is 1. The summed E-state index contributed by atoms with van der Waals surface area (Å²) in [7, 11) is 0. The largest absolute Gasteiger partial charge is 0.507 e. The molecule has 0 spiro atoms. The van der Waals surface area contributed by atoms with E-state index in [4.69, 9.17) is 0 Å². The molecule has 3 aliphatic rings. The van der Waals surface area contributed by atoms with Crippen LogP contribution in [0.4, 0.5) is 0 Å². The zero-order valence-corrected chi connectivity index (χ0v) is 17.4. The molecule has 0 aliphatic heterocycles. The predicted molar refractivity (Wildman–Crippen MR) is 107 cm³/mol. The van der Waals surface area contributed by atoms with Crippen LogP contribution in [0.25, 0.3) is 0 Å². The Hall–Kier alpha value is -1.02. The van der Waals surface area contributed by atoms with Gasteiger partial charge in [-0.1, -0.05) is 27.7 Å². The first-order chi connectivity index (χ1) is 12.1. The molecule has 0 bridgehead atoms. The number of rotatable bonds is 0. The lowest BCUT2D eigenvalue weighted by molar-refractivity contribution is -0.0229. The molecule has 0 amide bonds. The predicted octanol–water partition coefficient (Wildman–Crippen LogP) is 5.52. The fraction of sp³-hybridized carbons (Fsp3) is 0.750. The molecule has 2 N–H and O–H groups in total. The summed E-state index contributed by atoms with van der Waals surface area (Å²) >= 11 is 0. The molecule has 2 fully saturated rings. The Balaban J connectivity index is 1.89. The van der Waals surface area contributed by atoms with Gasteiger partial charge in [-0.05, 0) is 109 Å². The van der Waals surface area contributed by atoms with Crippen molar-refractivity contribution in [2.45, 2.75) is 97.5 Å². The number of fused-ring (bicyclic) bond motifs is 5. The van der Waals surface area contributed by atoms with Crippen LogP contribution in [0, 0.1) is 31.1 Å². The molecule has 2 heteroatoms. The van der Waals surface area contributed by atoms with Crippen LogP contribution >= 0.6 is 0 Å². The van der Waals surface area contributed by atoms with Gasteiger partial charge in [0, 0.05) is 0 Å². The van der Waals surface area contributed by atoms with Crippen LogP contribution in [0.1, 0.15) is 93.5 Å². The Morgan fingerprint density at radius 3 is 2.35 bits per heavy atom. The summed E-state index contributed by atoms with van der Waals surface area (Å²) in [5.74, 6) is 2.48. The third-order valence-electron chi connectivity index (χ3n) is 8.37. The third kappa shape index (κ3) is 2.33. The molecule has 0 aromatic heterocycles. The van der Waals surface area contributed by atoms with E-state index in [0.717, 1.165) is 30.4 Å². The van der Waals surface area contributed by atoms with Gasteiger partial charge in [0.1, 0.15) is 5.75 Å². The molecule has 5 atom stereocenters. The van der Waals surface area contributed by atoms with Gasteiger partial charge < -0.3 is 10.2 Å². The summed E-state index contributed by atoms with van der Waals surface area (Å²) in [5, 5.41) is 21.4. The van der Waals surface area contributed by atoms with Gasteiger partial charge in [0.05, 0.1) is 6.10 Å². The van der Waals surface area contributed by atoms with E-state index in [-0.39, 0.29) is 16.9 Å². The summed E-state index contributed by atoms with van der Waals surface area (Å²) in [4.78, 5) is 0. The minimum absolute atomic E-state index is 0.0389. The fourth-order valence-electron chi connectivity index (χ4n) is 7.13. The molecule has 26 heavy (non-hydrogen) atoms. The summed E-state index contributed by atoms with van der Waals surface area (Å²) in [5.41, 5.74) is 6.77. The SMILES string of the molecule is Cc1c(O)c(C)c(C(C)(C)C)c2c1CC[C@@H]1[C@@H]2CC[C@]2(C)[C@@H](O)CC[C@@H]12. The second kappa shape index (κ2) is 5.74. The monoisotopic (exact) mass is 356 g/mol. The Morgan fingerprint density at radius 2 is 1.69 bits per heavy atom. The summed E-state index contributed by atoms with van der Waals surface area (Å²) < 4.78 is 0. The number of hydrogen-bond donors (Lipinski definition) is 2. The molecule has 0 unspecified atom stereocenters. The van der Waals surface area contributed by atoms with Crippen molar-refractivity contribution in [2.24, 2.45) is 17.3 Å².